The molecule has 0 aliphatic carbocycles. The zero-order valence-electron chi connectivity index (χ0n) is 14.2. The van der Waals surface area contributed by atoms with Crippen LogP contribution in [0.5, 0.6) is 0 Å². The van der Waals surface area contributed by atoms with Crippen molar-refractivity contribution in [2.75, 3.05) is 31.3 Å². The average Bonchev–Trinajstić information content (AvgIpc) is 2.59. The standard InChI is InChI=1S/C18H18F3N3O2/c1-24(2)17(26)12-6-8-14(9-7-12)22-11-16(25)23-15-5-3-4-13(10-15)18(19,20)21/h3-10,22H,11H2,1-2H3,(H,23,25). The molecule has 2 aromatic carbocycles. The molecule has 0 aromatic heterocycles. The molecule has 0 atom stereocenters. The van der Waals surface area contributed by atoms with Crippen LogP contribution in [0.15, 0.2) is 48.5 Å². The quantitative estimate of drug-likeness (QED) is 0.853. The van der Waals surface area contributed by atoms with Crippen molar-refractivity contribution in [1.29, 1.82) is 0 Å². The second-order valence-corrected chi connectivity index (χ2v) is 5.76. The summed E-state index contributed by atoms with van der Waals surface area (Å²) >= 11 is 0. The van der Waals surface area contributed by atoms with Crippen LogP contribution in [-0.4, -0.2) is 37.4 Å². The third-order valence-corrected chi connectivity index (χ3v) is 3.46. The molecule has 0 saturated carbocycles. The number of amides is 2. The Morgan fingerprint density at radius 2 is 1.65 bits per heavy atom. The maximum atomic E-state index is 12.7. The van der Waals surface area contributed by atoms with Crippen molar-refractivity contribution in [3.05, 3.63) is 59.7 Å². The van der Waals surface area contributed by atoms with E-state index in [2.05, 4.69) is 10.6 Å². The molecule has 2 aromatic rings. The Morgan fingerprint density at radius 3 is 2.23 bits per heavy atom. The number of anilines is 2. The number of rotatable bonds is 5. The average molecular weight is 365 g/mol. The fraction of sp³-hybridized carbons (Fsp3) is 0.222. The number of carbonyl (C=O) groups is 2. The maximum Gasteiger partial charge on any atom is 0.416 e. The monoisotopic (exact) mass is 365 g/mol. The van der Waals surface area contributed by atoms with E-state index < -0.39 is 17.6 Å². The van der Waals surface area contributed by atoms with Crippen LogP contribution in [0, 0.1) is 0 Å². The molecular weight excluding hydrogens is 347 g/mol. The van der Waals surface area contributed by atoms with Crippen LogP contribution in [0.25, 0.3) is 0 Å². The van der Waals surface area contributed by atoms with Gasteiger partial charge in [0.15, 0.2) is 0 Å². The van der Waals surface area contributed by atoms with Gasteiger partial charge in [0, 0.05) is 31.0 Å². The summed E-state index contributed by atoms with van der Waals surface area (Å²) < 4.78 is 38.0. The van der Waals surface area contributed by atoms with Crippen molar-refractivity contribution in [3.63, 3.8) is 0 Å². The second kappa shape index (κ2) is 7.90. The van der Waals surface area contributed by atoms with Gasteiger partial charge < -0.3 is 15.5 Å². The summed E-state index contributed by atoms with van der Waals surface area (Å²) in [6.45, 7) is -0.128. The molecule has 5 nitrogen and oxygen atoms in total. The molecule has 0 aliphatic rings. The predicted octanol–water partition coefficient (Wildman–Crippen LogP) is 3.46. The SMILES string of the molecule is CN(C)C(=O)c1ccc(NCC(=O)Nc2cccc(C(F)(F)F)c2)cc1. The first-order valence-corrected chi connectivity index (χ1v) is 7.69. The number of hydrogen-bond donors (Lipinski definition) is 2. The van der Waals surface area contributed by atoms with Gasteiger partial charge in [-0.2, -0.15) is 13.2 Å². The van der Waals surface area contributed by atoms with Crippen molar-refractivity contribution < 1.29 is 22.8 Å². The number of alkyl halides is 3. The summed E-state index contributed by atoms with van der Waals surface area (Å²) in [5, 5.41) is 5.25. The molecular formula is C18H18F3N3O2. The van der Waals surface area contributed by atoms with E-state index in [-0.39, 0.29) is 18.1 Å². The summed E-state index contributed by atoms with van der Waals surface area (Å²) in [5.74, 6) is -0.628. The van der Waals surface area contributed by atoms with E-state index >= 15 is 0 Å². The molecule has 0 radical (unpaired) electrons. The zero-order valence-corrected chi connectivity index (χ0v) is 14.2. The van der Waals surface area contributed by atoms with Crippen LogP contribution in [0.3, 0.4) is 0 Å². The smallest absolute Gasteiger partial charge is 0.376 e. The second-order valence-electron chi connectivity index (χ2n) is 5.76. The Balaban J connectivity index is 1.92. The minimum atomic E-state index is -4.47. The van der Waals surface area contributed by atoms with Crippen LogP contribution < -0.4 is 10.6 Å². The van der Waals surface area contributed by atoms with Gasteiger partial charge in [-0.1, -0.05) is 6.07 Å². The van der Waals surface area contributed by atoms with Crippen LogP contribution in [0.1, 0.15) is 15.9 Å². The summed E-state index contributed by atoms with van der Waals surface area (Å²) in [5.41, 5.74) is 0.358. The molecule has 0 aliphatic heterocycles. The number of nitrogens with zero attached hydrogens (tertiary/aromatic N) is 1. The normalized spacial score (nSPS) is 11.0. The van der Waals surface area contributed by atoms with Crippen molar-refractivity contribution in [3.8, 4) is 0 Å². The largest absolute Gasteiger partial charge is 0.416 e. The fourth-order valence-corrected chi connectivity index (χ4v) is 2.15. The van der Waals surface area contributed by atoms with E-state index in [1.54, 1.807) is 38.4 Å². The van der Waals surface area contributed by atoms with Crippen molar-refractivity contribution in [1.82, 2.24) is 4.90 Å². The summed E-state index contributed by atoms with van der Waals surface area (Å²) in [7, 11) is 3.29. The highest BCUT2D eigenvalue weighted by Crippen LogP contribution is 2.30. The van der Waals surface area contributed by atoms with Gasteiger partial charge in [-0.05, 0) is 42.5 Å². The van der Waals surface area contributed by atoms with Gasteiger partial charge in [0.2, 0.25) is 5.91 Å². The molecule has 2 N–H and O–H groups in total. The van der Waals surface area contributed by atoms with Crippen LogP contribution in [0.2, 0.25) is 0 Å². The minimum absolute atomic E-state index is 0.0681. The number of halogens is 3. The van der Waals surface area contributed by atoms with Crippen LogP contribution >= 0.6 is 0 Å². The van der Waals surface area contributed by atoms with Gasteiger partial charge in [0.05, 0.1) is 12.1 Å². The minimum Gasteiger partial charge on any atom is -0.376 e. The van der Waals surface area contributed by atoms with E-state index in [4.69, 9.17) is 0 Å². The summed E-state index contributed by atoms with van der Waals surface area (Å²) in [4.78, 5) is 25.1. The van der Waals surface area contributed by atoms with Gasteiger partial charge in [0.25, 0.3) is 5.91 Å². The van der Waals surface area contributed by atoms with Crippen molar-refractivity contribution >= 4 is 23.2 Å². The third kappa shape index (κ3) is 5.23. The number of nitrogens with one attached hydrogen (secondary N) is 2. The zero-order chi connectivity index (χ0) is 19.3. The van der Waals surface area contributed by atoms with E-state index in [0.717, 1.165) is 12.1 Å². The molecule has 26 heavy (non-hydrogen) atoms. The first-order valence-electron chi connectivity index (χ1n) is 7.69. The highest BCUT2D eigenvalue weighted by atomic mass is 19.4. The highest BCUT2D eigenvalue weighted by molar-refractivity contribution is 5.95. The molecule has 2 rings (SSSR count). The molecule has 0 heterocycles. The Hall–Kier alpha value is -3.03. The Kier molecular flexibility index (Phi) is 5.86. The Labute approximate surface area is 148 Å². The van der Waals surface area contributed by atoms with E-state index in [9.17, 15) is 22.8 Å². The fourth-order valence-electron chi connectivity index (χ4n) is 2.15. The van der Waals surface area contributed by atoms with E-state index in [0.29, 0.717) is 11.3 Å². The third-order valence-electron chi connectivity index (χ3n) is 3.46. The molecule has 2 amide bonds. The van der Waals surface area contributed by atoms with Crippen molar-refractivity contribution in [2.24, 2.45) is 0 Å². The summed E-state index contributed by atoms with van der Waals surface area (Å²) in [6.07, 6.45) is -4.47. The number of hydrogen-bond acceptors (Lipinski definition) is 3. The Bertz CT molecular complexity index is 787. The van der Waals surface area contributed by atoms with Gasteiger partial charge in [-0.3, -0.25) is 9.59 Å². The maximum absolute atomic E-state index is 12.7. The Morgan fingerprint density at radius 1 is 1.00 bits per heavy atom. The summed E-state index contributed by atoms with van der Waals surface area (Å²) in [6, 6.07) is 11.0. The van der Waals surface area contributed by atoms with Gasteiger partial charge in [-0.25, -0.2) is 0 Å². The first-order chi connectivity index (χ1) is 12.2. The van der Waals surface area contributed by atoms with Gasteiger partial charge in [0.1, 0.15) is 0 Å². The van der Waals surface area contributed by atoms with E-state index in [1.165, 1.54) is 17.0 Å². The molecule has 0 unspecified atom stereocenters. The molecule has 0 bridgehead atoms. The number of carbonyl (C=O) groups excluding carboxylic acids is 2. The highest BCUT2D eigenvalue weighted by Gasteiger charge is 2.30. The van der Waals surface area contributed by atoms with Crippen molar-refractivity contribution in [2.45, 2.75) is 6.18 Å². The molecule has 138 valence electrons. The topological polar surface area (TPSA) is 61.4 Å². The molecule has 0 spiro atoms. The lowest BCUT2D eigenvalue weighted by atomic mass is 10.2. The molecule has 8 heteroatoms. The lowest BCUT2D eigenvalue weighted by Crippen LogP contribution is -2.22. The van der Waals surface area contributed by atoms with Gasteiger partial charge >= 0.3 is 6.18 Å². The lowest BCUT2D eigenvalue weighted by Gasteiger charge is -2.12. The van der Waals surface area contributed by atoms with E-state index in [1.807, 2.05) is 0 Å². The van der Waals surface area contributed by atoms with Crippen LogP contribution in [-0.2, 0) is 11.0 Å². The predicted molar refractivity (Wildman–Crippen MR) is 93.0 cm³/mol. The number of benzene rings is 2. The first kappa shape index (κ1) is 19.3. The van der Waals surface area contributed by atoms with Gasteiger partial charge in [-0.15, -0.1) is 0 Å². The molecule has 0 saturated heterocycles. The lowest BCUT2D eigenvalue weighted by molar-refractivity contribution is -0.137. The van der Waals surface area contributed by atoms with Crippen LogP contribution in [0.4, 0.5) is 24.5 Å². The molecule has 0 fully saturated rings.